The van der Waals surface area contributed by atoms with Gasteiger partial charge in [-0.2, -0.15) is 0 Å². The molecule has 100 valence electrons. The molecule has 5 heteroatoms. The fourth-order valence-electron chi connectivity index (χ4n) is 1.51. The van der Waals surface area contributed by atoms with Gasteiger partial charge in [-0.05, 0) is 29.8 Å². The molecule has 0 saturated carbocycles. The van der Waals surface area contributed by atoms with Crippen molar-refractivity contribution < 1.29 is 4.74 Å². The molecule has 0 aliphatic heterocycles. The molecule has 0 spiro atoms. The summed E-state index contributed by atoms with van der Waals surface area (Å²) in [6.07, 6.45) is 0. The van der Waals surface area contributed by atoms with E-state index in [1.807, 2.05) is 54.6 Å². The fourth-order valence-corrected chi connectivity index (χ4v) is 1.51. The van der Waals surface area contributed by atoms with Crippen LogP contribution in [0, 0.1) is 0 Å². The predicted octanol–water partition coefficient (Wildman–Crippen LogP) is 2.87. The summed E-state index contributed by atoms with van der Waals surface area (Å²) >= 11 is 0. The van der Waals surface area contributed by atoms with Crippen molar-refractivity contribution in [1.29, 1.82) is 0 Å². The van der Waals surface area contributed by atoms with Gasteiger partial charge in [-0.25, -0.2) is 4.99 Å². The Morgan fingerprint density at radius 3 is 2.32 bits per heavy atom. The van der Waals surface area contributed by atoms with Gasteiger partial charge in [0.25, 0.3) is 0 Å². The van der Waals surface area contributed by atoms with Crippen molar-refractivity contribution in [2.75, 3.05) is 0 Å². The number of guanidine groups is 1. The average molecular weight is 369 g/mol. The van der Waals surface area contributed by atoms with Crippen LogP contribution in [-0.2, 0) is 6.54 Å². The van der Waals surface area contributed by atoms with Gasteiger partial charge in [0.1, 0.15) is 11.5 Å². The monoisotopic (exact) mass is 369 g/mol. The molecule has 0 aliphatic carbocycles. The SMILES string of the molecule is I.NC(N)=NCc1cccc(Oc2ccccc2)c1. The molecule has 0 heterocycles. The Bertz CT molecular complexity index is 539. The number of hydrogen-bond acceptors (Lipinski definition) is 2. The second kappa shape index (κ2) is 7.63. The third kappa shape index (κ3) is 5.17. The first-order valence-electron chi connectivity index (χ1n) is 5.61. The third-order valence-corrected chi connectivity index (χ3v) is 2.32. The molecule has 4 N–H and O–H groups in total. The molecule has 0 amide bonds. The summed E-state index contributed by atoms with van der Waals surface area (Å²) in [5.74, 6) is 1.66. The molecule has 19 heavy (non-hydrogen) atoms. The van der Waals surface area contributed by atoms with Crippen molar-refractivity contribution in [1.82, 2.24) is 0 Å². The molecular weight excluding hydrogens is 353 g/mol. The highest BCUT2D eigenvalue weighted by Crippen LogP contribution is 2.21. The number of nitrogens with zero attached hydrogens (tertiary/aromatic N) is 1. The summed E-state index contributed by atoms with van der Waals surface area (Å²) in [4.78, 5) is 3.96. The van der Waals surface area contributed by atoms with E-state index in [4.69, 9.17) is 16.2 Å². The molecule has 2 aromatic rings. The van der Waals surface area contributed by atoms with Gasteiger partial charge in [0, 0.05) is 0 Å². The lowest BCUT2D eigenvalue weighted by Crippen LogP contribution is -2.22. The zero-order valence-electron chi connectivity index (χ0n) is 10.3. The Hall–Kier alpha value is -1.76. The minimum Gasteiger partial charge on any atom is -0.457 e. The van der Waals surface area contributed by atoms with Crippen LogP contribution in [0.1, 0.15) is 5.56 Å². The number of para-hydroxylation sites is 1. The normalized spacial score (nSPS) is 9.26. The summed E-state index contributed by atoms with van der Waals surface area (Å²) in [7, 11) is 0. The van der Waals surface area contributed by atoms with Crippen LogP contribution in [0.15, 0.2) is 59.6 Å². The van der Waals surface area contributed by atoms with Gasteiger partial charge in [-0.1, -0.05) is 30.3 Å². The quantitative estimate of drug-likeness (QED) is 0.495. The number of rotatable bonds is 4. The zero-order valence-corrected chi connectivity index (χ0v) is 12.7. The van der Waals surface area contributed by atoms with Gasteiger partial charge >= 0.3 is 0 Å². The molecule has 2 rings (SSSR count). The number of benzene rings is 2. The van der Waals surface area contributed by atoms with E-state index < -0.39 is 0 Å². The van der Waals surface area contributed by atoms with Crippen LogP contribution in [0.25, 0.3) is 0 Å². The highest BCUT2D eigenvalue weighted by molar-refractivity contribution is 14.0. The van der Waals surface area contributed by atoms with Crippen LogP contribution in [0.5, 0.6) is 11.5 Å². The van der Waals surface area contributed by atoms with Crippen LogP contribution in [0.4, 0.5) is 0 Å². The number of halogens is 1. The second-order valence-corrected chi connectivity index (χ2v) is 3.80. The highest BCUT2D eigenvalue weighted by atomic mass is 127. The summed E-state index contributed by atoms with van der Waals surface area (Å²) in [6.45, 7) is 0.453. The Labute approximate surface area is 129 Å². The van der Waals surface area contributed by atoms with E-state index in [0.29, 0.717) is 6.54 Å². The third-order valence-electron chi connectivity index (χ3n) is 2.32. The highest BCUT2D eigenvalue weighted by Gasteiger charge is 1.98. The van der Waals surface area contributed by atoms with Gasteiger partial charge in [0.2, 0.25) is 0 Å². The molecule has 0 atom stereocenters. The molecular formula is C14H16IN3O. The molecule has 0 aliphatic rings. The maximum atomic E-state index is 5.71. The Kier molecular flexibility index (Phi) is 6.14. The van der Waals surface area contributed by atoms with E-state index in [9.17, 15) is 0 Å². The summed E-state index contributed by atoms with van der Waals surface area (Å²) in [6, 6.07) is 17.3. The van der Waals surface area contributed by atoms with Crippen LogP contribution in [0.2, 0.25) is 0 Å². The summed E-state index contributed by atoms with van der Waals surface area (Å²) in [5.41, 5.74) is 11.6. The van der Waals surface area contributed by atoms with E-state index >= 15 is 0 Å². The Morgan fingerprint density at radius 2 is 1.63 bits per heavy atom. The smallest absolute Gasteiger partial charge is 0.186 e. The number of aliphatic imine (C=N–C) groups is 1. The summed E-state index contributed by atoms with van der Waals surface area (Å²) < 4.78 is 5.71. The van der Waals surface area contributed by atoms with Gasteiger partial charge in [0.15, 0.2) is 5.96 Å². The van der Waals surface area contributed by atoms with Gasteiger partial charge in [-0.3, -0.25) is 0 Å². The van der Waals surface area contributed by atoms with E-state index in [1.165, 1.54) is 0 Å². The lowest BCUT2D eigenvalue weighted by molar-refractivity contribution is 0.482. The van der Waals surface area contributed by atoms with E-state index in [2.05, 4.69) is 4.99 Å². The Morgan fingerprint density at radius 1 is 0.947 bits per heavy atom. The number of nitrogens with two attached hydrogens (primary N) is 2. The average Bonchev–Trinajstić information content (AvgIpc) is 2.38. The number of hydrogen-bond donors (Lipinski definition) is 2. The van der Waals surface area contributed by atoms with E-state index in [0.717, 1.165) is 17.1 Å². The maximum absolute atomic E-state index is 5.71. The summed E-state index contributed by atoms with van der Waals surface area (Å²) in [5, 5.41) is 0. The van der Waals surface area contributed by atoms with Crippen LogP contribution in [0.3, 0.4) is 0 Å². The lowest BCUT2D eigenvalue weighted by atomic mass is 10.2. The minimum absolute atomic E-state index is 0. The molecule has 0 fully saturated rings. The standard InChI is InChI=1S/C14H15N3O.HI/c15-14(16)17-10-11-5-4-8-13(9-11)18-12-6-2-1-3-7-12;/h1-9H,10H2,(H4,15,16,17);1H. The van der Waals surface area contributed by atoms with Crippen molar-refractivity contribution in [3.8, 4) is 11.5 Å². The van der Waals surface area contributed by atoms with Crippen molar-refractivity contribution >= 4 is 29.9 Å². The van der Waals surface area contributed by atoms with Gasteiger partial charge in [-0.15, -0.1) is 24.0 Å². The van der Waals surface area contributed by atoms with Crippen LogP contribution >= 0.6 is 24.0 Å². The van der Waals surface area contributed by atoms with Crippen molar-refractivity contribution in [2.24, 2.45) is 16.5 Å². The minimum atomic E-state index is 0. The fraction of sp³-hybridized carbons (Fsp3) is 0.0714. The molecule has 0 aromatic heterocycles. The van der Waals surface area contributed by atoms with Crippen molar-refractivity contribution in [2.45, 2.75) is 6.54 Å². The topological polar surface area (TPSA) is 73.6 Å². The van der Waals surface area contributed by atoms with E-state index in [1.54, 1.807) is 0 Å². The molecule has 0 radical (unpaired) electrons. The van der Waals surface area contributed by atoms with Crippen molar-refractivity contribution in [3.05, 3.63) is 60.2 Å². The Balaban J connectivity index is 0.00000180. The van der Waals surface area contributed by atoms with Crippen LogP contribution < -0.4 is 16.2 Å². The molecule has 2 aromatic carbocycles. The maximum Gasteiger partial charge on any atom is 0.186 e. The predicted molar refractivity (Wildman–Crippen MR) is 87.9 cm³/mol. The first kappa shape index (κ1) is 15.3. The molecule has 0 unspecified atom stereocenters. The number of ether oxygens (including phenoxy) is 1. The first-order chi connectivity index (χ1) is 8.74. The molecule has 0 saturated heterocycles. The second-order valence-electron chi connectivity index (χ2n) is 3.80. The van der Waals surface area contributed by atoms with Crippen molar-refractivity contribution in [3.63, 3.8) is 0 Å². The van der Waals surface area contributed by atoms with E-state index in [-0.39, 0.29) is 29.9 Å². The molecule has 4 nitrogen and oxygen atoms in total. The van der Waals surface area contributed by atoms with Gasteiger partial charge < -0.3 is 16.2 Å². The molecule has 0 bridgehead atoms. The largest absolute Gasteiger partial charge is 0.457 e. The lowest BCUT2D eigenvalue weighted by Gasteiger charge is -2.06. The van der Waals surface area contributed by atoms with Gasteiger partial charge in [0.05, 0.1) is 6.54 Å². The zero-order chi connectivity index (χ0) is 12.8. The first-order valence-corrected chi connectivity index (χ1v) is 5.61. The van der Waals surface area contributed by atoms with Crippen LogP contribution in [-0.4, -0.2) is 5.96 Å².